The van der Waals surface area contributed by atoms with Crippen LogP contribution in [0, 0.1) is 0 Å². The number of fused-ring (bicyclic) bond motifs is 1. The molecule has 0 spiro atoms. The molecule has 9 heteroatoms. The minimum absolute atomic E-state index is 0.00194. The number of H-pyrrole nitrogens is 1. The SMILES string of the molecule is CCCn1c(=O)[nH]c(=O)c2c(C(=O)NC(C)C(=O)O)cc(C(C)C)nc21. The molecule has 2 heterocycles. The predicted molar refractivity (Wildman–Crippen MR) is 95.6 cm³/mol. The van der Waals surface area contributed by atoms with Gasteiger partial charge >= 0.3 is 11.7 Å². The zero-order valence-electron chi connectivity index (χ0n) is 15.1. The Bertz CT molecular complexity index is 974. The molecule has 26 heavy (non-hydrogen) atoms. The van der Waals surface area contributed by atoms with Crippen LogP contribution < -0.4 is 16.6 Å². The maximum Gasteiger partial charge on any atom is 0.329 e. The number of aromatic amines is 1. The highest BCUT2D eigenvalue weighted by molar-refractivity contribution is 6.06. The zero-order chi connectivity index (χ0) is 19.6. The predicted octanol–water partition coefficient (Wildman–Crippen LogP) is 0.821. The number of nitrogens with zero attached hydrogens (tertiary/aromatic N) is 2. The van der Waals surface area contributed by atoms with Gasteiger partial charge in [-0.25, -0.2) is 9.78 Å². The Morgan fingerprint density at radius 1 is 1.31 bits per heavy atom. The first kappa shape index (κ1) is 19.4. The van der Waals surface area contributed by atoms with Gasteiger partial charge in [-0.15, -0.1) is 0 Å². The van der Waals surface area contributed by atoms with E-state index in [0.717, 1.165) is 0 Å². The first-order chi connectivity index (χ1) is 12.2. The van der Waals surface area contributed by atoms with Crippen LogP contribution in [-0.4, -0.2) is 37.6 Å². The highest BCUT2D eigenvalue weighted by Gasteiger charge is 2.22. The van der Waals surface area contributed by atoms with Gasteiger partial charge < -0.3 is 10.4 Å². The summed E-state index contributed by atoms with van der Waals surface area (Å²) in [7, 11) is 0. The van der Waals surface area contributed by atoms with Crippen molar-refractivity contribution in [2.45, 2.75) is 52.6 Å². The lowest BCUT2D eigenvalue weighted by atomic mass is 10.0. The second-order valence-corrected chi connectivity index (χ2v) is 6.39. The summed E-state index contributed by atoms with van der Waals surface area (Å²) in [4.78, 5) is 54.8. The molecule has 0 radical (unpaired) electrons. The van der Waals surface area contributed by atoms with E-state index in [1.807, 2.05) is 20.8 Å². The van der Waals surface area contributed by atoms with Crippen molar-refractivity contribution in [3.8, 4) is 0 Å². The van der Waals surface area contributed by atoms with Gasteiger partial charge in [0.1, 0.15) is 6.04 Å². The number of aryl methyl sites for hydroxylation is 1. The van der Waals surface area contributed by atoms with Gasteiger partial charge in [-0.3, -0.25) is 23.9 Å². The molecule has 0 bridgehead atoms. The Hall–Kier alpha value is -2.97. The third-order valence-electron chi connectivity index (χ3n) is 3.97. The zero-order valence-corrected chi connectivity index (χ0v) is 15.1. The average Bonchev–Trinajstić information content (AvgIpc) is 2.56. The fraction of sp³-hybridized carbons (Fsp3) is 0.471. The number of amides is 1. The van der Waals surface area contributed by atoms with Gasteiger partial charge in [-0.2, -0.15) is 0 Å². The third kappa shape index (κ3) is 3.66. The Labute approximate surface area is 149 Å². The molecule has 2 rings (SSSR count). The minimum Gasteiger partial charge on any atom is -0.480 e. The summed E-state index contributed by atoms with van der Waals surface area (Å²) in [5.41, 5.74) is -0.672. The van der Waals surface area contributed by atoms with Crippen molar-refractivity contribution in [3.63, 3.8) is 0 Å². The van der Waals surface area contributed by atoms with Crippen LogP contribution in [0.3, 0.4) is 0 Å². The lowest BCUT2D eigenvalue weighted by molar-refractivity contribution is -0.138. The quantitative estimate of drug-likeness (QED) is 0.696. The van der Waals surface area contributed by atoms with E-state index >= 15 is 0 Å². The van der Waals surface area contributed by atoms with Crippen LogP contribution in [0.5, 0.6) is 0 Å². The fourth-order valence-corrected chi connectivity index (χ4v) is 2.54. The van der Waals surface area contributed by atoms with Crippen molar-refractivity contribution < 1.29 is 14.7 Å². The minimum atomic E-state index is -1.20. The fourth-order valence-electron chi connectivity index (χ4n) is 2.54. The Kier molecular flexibility index (Phi) is 5.59. The van der Waals surface area contributed by atoms with Gasteiger partial charge in [0.15, 0.2) is 5.65 Å². The molecular weight excluding hydrogens is 340 g/mol. The van der Waals surface area contributed by atoms with Crippen LogP contribution in [-0.2, 0) is 11.3 Å². The summed E-state index contributed by atoms with van der Waals surface area (Å²) >= 11 is 0. The molecule has 140 valence electrons. The Balaban J connectivity index is 2.82. The van der Waals surface area contributed by atoms with Crippen LogP contribution >= 0.6 is 0 Å². The molecule has 2 aromatic rings. The van der Waals surface area contributed by atoms with Gasteiger partial charge in [-0.1, -0.05) is 20.8 Å². The molecule has 0 fully saturated rings. The summed E-state index contributed by atoms with van der Waals surface area (Å²) in [5.74, 6) is -1.97. The largest absolute Gasteiger partial charge is 0.480 e. The third-order valence-corrected chi connectivity index (χ3v) is 3.97. The van der Waals surface area contributed by atoms with Crippen molar-refractivity contribution in [2.75, 3.05) is 0 Å². The summed E-state index contributed by atoms with van der Waals surface area (Å²) in [6.45, 7) is 7.26. The maximum atomic E-state index is 12.6. The van der Waals surface area contributed by atoms with Gasteiger partial charge in [-0.05, 0) is 25.3 Å². The summed E-state index contributed by atoms with van der Waals surface area (Å²) < 4.78 is 1.32. The molecule has 0 saturated heterocycles. The van der Waals surface area contributed by atoms with E-state index in [-0.39, 0.29) is 22.5 Å². The lowest BCUT2D eigenvalue weighted by Crippen LogP contribution is -2.39. The highest BCUT2D eigenvalue weighted by Crippen LogP contribution is 2.20. The second kappa shape index (κ2) is 7.51. The number of carboxylic acid groups (broad SMARTS) is 1. The van der Waals surface area contributed by atoms with Crippen LogP contribution in [0.1, 0.15) is 56.1 Å². The molecular formula is C17H22N4O5. The maximum absolute atomic E-state index is 12.6. The molecule has 0 aliphatic carbocycles. The Morgan fingerprint density at radius 2 is 1.96 bits per heavy atom. The first-order valence-corrected chi connectivity index (χ1v) is 8.38. The van der Waals surface area contributed by atoms with Crippen molar-refractivity contribution in [1.29, 1.82) is 0 Å². The van der Waals surface area contributed by atoms with Gasteiger partial charge in [0.25, 0.3) is 11.5 Å². The standard InChI is InChI=1S/C17H22N4O5/c1-5-6-21-13-12(15(23)20-17(21)26)10(7-11(19-13)8(2)3)14(22)18-9(4)16(24)25/h7-9H,5-6H2,1-4H3,(H,18,22)(H,24,25)(H,20,23,26). The summed E-state index contributed by atoms with van der Waals surface area (Å²) in [6, 6.07) is 0.334. The number of rotatable bonds is 6. The smallest absolute Gasteiger partial charge is 0.329 e. The number of carboxylic acids is 1. The van der Waals surface area contributed by atoms with Crippen LogP contribution in [0.2, 0.25) is 0 Å². The molecule has 0 aromatic carbocycles. The van der Waals surface area contributed by atoms with E-state index in [2.05, 4.69) is 15.3 Å². The van der Waals surface area contributed by atoms with Crippen molar-refractivity contribution >= 4 is 22.9 Å². The number of carbonyl (C=O) groups excluding carboxylic acids is 1. The van der Waals surface area contributed by atoms with E-state index in [4.69, 9.17) is 5.11 Å². The molecule has 0 aliphatic rings. The normalized spacial score (nSPS) is 12.3. The number of pyridine rings is 1. The van der Waals surface area contributed by atoms with Crippen molar-refractivity contribution in [2.24, 2.45) is 0 Å². The number of aliphatic carboxylic acids is 1. The highest BCUT2D eigenvalue weighted by atomic mass is 16.4. The number of nitrogens with one attached hydrogen (secondary N) is 2. The van der Waals surface area contributed by atoms with Crippen LogP contribution in [0.4, 0.5) is 0 Å². The van der Waals surface area contributed by atoms with E-state index in [1.54, 1.807) is 0 Å². The van der Waals surface area contributed by atoms with Gasteiger partial charge in [0, 0.05) is 12.2 Å². The second-order valence-electron chi connectivity index (χ2n) is 6.39. The number of hydrogen-bond acceptors (Lipinski definition) is 5. The molecule has 9 nitrogen and oxygen atoms in total. The summed E-state index contributed by atoms with van der Waals surface area (Å²) in [5, 5.41) is 11.3. The average molecular weight is 362 g/mol. The topological polar surface area (TPSA) is 134 Å². The number of carbonyl (C=O) groups is 2. The molecule has 1 atom stereocenters. The van der Waals surface area contributed by atoms with E-state index in [0.29, 0.717) is 18.7 Å². The van der Waals surface area contributed by atoms with Crippen molar-refractivity contribution in [3.05, 3.63) is 38.2 Å². The van der Waals surface area contributed by atoms with E-state index in [1.165, 1.54) is 17.6 Å². The molecule has 3 N–H and O–H groups in total. The van der Waals surface area contributed by atoms with E-state index in [9.17, 15) is 19.2 Å². The van der Waals surface area contributed by atoms with E-state index < -0.39 is 29.2 Å². The number of aromatic nitrogens is 3. The summed E-state index contributed by atoms with van der Waals surface area (Å²) in [6.07, 6.45) is 0.631. The lowest BCUT2D eigenvalue weighted by Gasteiger charge is -2.15. The number of hydrogen-bond donors (Lipinski definition) is 3. The van der Waals surface area contributed by atoms with Crippen molar-refractivity contribution in [1.82, 2.24) is 19.9 Å². The van der Waals surface area contributed by atoms with Gasteiger partial charge in [0.05, 0.1) is 10.9 Å². The molecule has 1 unspecified atom stereocenters. The first-order valence-electron chi connectivity index (χ1n) is 8.38. The van der Waals surface area contributed by atoms with Gasteiger partial charge in [0.2, 0.25) is 0 Å². The molecule has 1 amide bonds. The Morgan fingerprint density at radius 3 is 2.50 bits per heavy atom. The molecule has 0 saturated carbocycles. The molecule has 0 aliphatic heterocycles. The monoisotopic (exact) mass is 362 g/mol. The van der Waals surface area contributed by atoms with Crippen LogP contribution in [0.25, 0.3) is 11.0 Å². The molecule has 2 aromatic heterocycles. The van der Waals surface area contributed by atoms with Crippen LogP contribution in [0.15, 0.2) is 15.7 Å².